The van der Waals surface area contributed by atoms with E-state index in [1.54, 1.807) is 17.0 Å². The molecule has 1 N–H and O–H groups in total. The average Bonchev–Trinajstić information content (AvgIpc) is 3.29. The summed E-state index contributed by atoms with van der Waals surface area (Å²) in [5, 5.41) is 0. The van der Waals surface area contributed by atoms with Crippen LogP contribution in [0.15, 0.2) is 66.4 Å². The molecule has 7 nitrogen and oxygen atoms in total. The van der Waals surface area contributed by atoms with E-state index in [0.717, 1.165) is 39.4 Å². The zero-order chi connectivity index (χ0) is 26.9. The van der Waals surface area contributed by atoms with Crippen LogP contribution in [-0.4, -0.2) is 44.7 Å². The minimum Gasteiger partial charge on any atom is -0.493 e. The van der Waals surface area contributed by atoms with Gasteiger partial charge in [0, 0.05) is 44.0 Å². The molecule has 0 aliphatic carbocycles. The molecule has 1 unspecified atom stereocenters. The van der Waals surface area contributed by atoms with Crippen LogP contribution in [0.1, 0.15) is 48.7 Å². The number of likely N-dealkylation sites (tertiary alicyclic amines) is 1. The second-order valence-corrected chi connectivity index (χ2v) is 10.2. The number of nitrogens with zero attached hydrogens (tertiary/aromatic N) is 3. The zero-order valence-electron chi connectivity index (χ0n) is 21.7. The number of benzene rings is 2. The Morgan fingerprint density at radius 2 is 2.05 bits per heavy atom. The number of halogens is 1. The van der Waals surface area contributed by atoms with Crippen LogP contribution in [0.4, 0.5) is 4.39 Å². The third-order valence-electron chi connectivity index (χ3n) is 7.50. The highest BCUT2D eigenvalue weighted by Gasteiger charge is 2.32. The number of carbonyl (C=O) groups excluding carboxylic acids is 2. The molecule has 1 saturated heterocycles. The third-order valence-corrected chi connectivity index (χ3v) is 7.50. The van der Waals surface area contributed by atoms with Gasteiger partial charge in [0.15, 0.2) is 5.65 Å². The Morgan fingerprint density at radius 1 is 1.15 bits per heavy atom. The van der Waals surface area contributed by atoms with E-state index in [9.17, 15) is 14.0 Å². The SMILES string of the molecule is Cc1nc2ncc(-c3ccc4c(c3)C/C=C(/CC(=O)N3CCC(=O)CC3c3cccc(F)c3)CCO4)cc2[nH]1. The van der Waals surface area contributed by atoms with Gasteiger partial charge in [0.25, 0.3) is 0 Å². The molecule has 2 aliphatic rings. The van der Waals surface area contributed by atoms with Crippen molar-refractivity contribution in [3.8, 4) is 16.9 Å². The molecule has 2 aromatic heterocycles. The molecule has 1 atom stereocenters. The first-order chi connectivity index (χ1) is 18.9. The molecular weight excluding hydrogens is 495 g/mol. The van der Waals surface area contributed by atoms with Crippen molar-refractivity contribution >= 4 is 22.9 Å². The number of ether oxygens (including phenoxy) is 1. The predicted molar refractivity (Wildman–Crippen MR) is 146 cm³/mol. The number of aromatic nitrogens is 3. The normalized spacial score (nSPS) is 19.0. The molecule has 4 heterocycles. The van der Waals surface area contributed by atoms with Gasteiger partial charge in [-0.1, -0.05) is 29.8 Å². The molecule has 6 rings (SSSR count). The number of aryl methyl sites for hydroxylation is 1. The Kier molecular flexibility index (Phi) is 6.69. The van der Waals surface area contributed by atoms with E-state index in [1.165, 1.54) is 12.1 Å². The van der Waals surface area contributed by atoms with Crippen molar-refractivity contribution in [1.82, 2.24) is 19.9 Å². The van der Waals surface area contributed by atoms with Crippen LogP contribution in [0.2, 0.25) is 0 Å². The number of hydrogen-bond acceptors (Lipinski definition) is 5. The van der Waals surface area contributed by atoms with E-state index in [4.69, 9.17) is 4.74 Å². The number of carbonyl (C=O) groups is 2. The van der Waals surface area contributed by atoms with Crippen LogP contribution < -0.4 is 4.74 Å². The predicted octanol–water partition coefficient (Wildman–Crippen LogP) is 5.65. The van der Waals surface area contributed by atoms with Crippen molar-refractivity contribution in [3.05, 3.63) is 89.1 Å². The Balaban J connectivity index is 1.21. The van der Waals surface area contributed by atoms with Crippen molar-refractivity contribution in [2.45, 2.75) is 45.1 Å². The maximum Gasteiger partial charge on any atom is 0.227 e. The van der Waals surface area contributed by atoms with E-state index in [-0.39, 0.29) is 30.3 Å². The summed E-state index contributed by atoms with van der Waals surface area (Å²) in [6.07, 6.45) is 6.01. The second kappa shape index (κ2) is 10.4. The molecule has 198 valence electrons. The lowest BCUT2D eigenvalue weighted by molar-refractivity contribution is -0.137. The number of rotatable bonds is 4. The number of amides is 1. The van der Waals surface area contributed by atoms with E-state index >= 15 is 0 Å². The topological polar surface area (TPSA) is 88.2 Å². The summed E-state index contributed by atoms with van der Waals surface area (Å²) < 4.78 is 20.0. The summed E-state index contributed by atoms with van der Waals surface area (Å²) in [7, 11) is 0. The van der Waals surface area contributed by atoms with Gasteiger partial charge >= 0.3 is 0 Å². The Morgan fingerprint density at radius 3 is 2.92 bits per heavy atom. The van der Waals surface area contributed by atoms with Crippen LogP contribution in [0.25, 0.3) is 22.3 Å². The number of ketones is 1. The van der Waals surface area contributed by atoms with Crippen LogP contribution in [0.5, 0.6) is 5.75 Å². The molecule has 1 amide bonds. The number of H-pyrrole nitrogens is 1. The molecule has 39 heavy (non-hydrogen) atoms. The molecule has 4 aromatic rings. The number of Topliss-reactive ketones (excluding diaryl/α,β-unsaturated/α-hetero) is 1. The fraction of sp³-hybridized carbons (Fsp3) is 0.290. The van der Waals surface area contributed by atoms with Gasteiger partial charge in [0.2, 0.25) is 5.91 Å². The number of hydrogen-bond donors (Lipinski definition) is 1. The first kappa shape index (κ1) is 25.0. The van der Waals surface area contributed by atoms with E-state index in [2.05, 4.69) is 27.1 Å². The smallest absolute Gasteiger partial charge is 0.227 e. The van der Waals surface area contributed by atoms with Gasteiger partial charge in [-0.25, -0.2) is 14.4 Å². The fourth-order valence-electron chi connectivity index (χ4n) is 5.48. The van der Waals surface area contributed by atoms with E-state index in [0.29, 0.717) is 43.6 Å². The lowest BCUT2D eigenvalue weighted by Crippen LogP contribution is -2.41. The summed E-state index contributed by atoms with van der Waals surface area (Å²) >= 11 is 0. The number of nitrogens with one attached hydrogen (secondary N) is 1. The van der Waals surface area contributed by atoms with Gasteiger partial charge in [0.05, 0.1) is 18.2 Å². The van der Waals surface area contributed by atoms with Gasteiger partial charge < -0.3 is 14.6 Å². The standard InChI is InChI=1S/C31H29FN4O3/c1-19-34-27-16-24(18-33-31(27)35-19)21-7-8-29-23(14-21)6-5-20(10-12-39-29)13-30(38)36-11-9-26(37)17-28(36)22-3-2-4-25(32)15-22/h2-5,7-8,14-16,18,28H,6,9-13,17H2,1H3,(H,33,34,35)/b20-5+. The number of fused-ring (bicyclic) bond motifs is 2. The van der Waals surface area contributed by atoms with Crippen molar-refractivity contribution < 1.29 is 18.7 Å². The number of pyridine rings is 1. The van der Waals surface area contributed by atoms with Gasteiger partial charge in [0.1, 0.15) is 23.2 Å². The number of aromatic amines is 1. The van der Waals surface area contributed by atoms with Crippen LogP contribution in [-0.2, 0) is 16.0 Å². The zero-order valence-corrected chi connectivity index (χ0v) is 21.7. The lowest BCUT2D eigenvalue weighted by atomic mass is 9.93. The van der Waals surface area contributed by atoms with Crippen molar-refractivity contribution in [1.29, 1.82) is 0 Å². The van der Waals surface area contributed by atoms with E-state index < -0.39 is 6.04 Å². The summed E-state index contributed by atoms with van der Waals surface area (Å²) in [6.45, 7) is 2.73. The summed E-state index contributed by atoms with van der Waals surface area (Å²) in [6, 6.07) is 13.9. The van der Waals surface area contributed by atoms with Gasteiger partial charge in [-0.15, -0.1) is 0 Å². The Labute approximate surface area is 225 Å². The third kappa shape index (κ3) is 5.32. The number of piperidine rings is 1. The highest BCUT2D eigenvalue weighted by atomic mass is 19.1. The maximum atomic E-state index is 13.9. The lowest BCUT2D eigenvalue weighted by Gasteiger charge is -2.36. The second-order valence-electron chi connectivity index (χ2n) is 10.2. The Hall–Kier alpha value is -4.33. The summed E-state index contributed by atoms with van der Waals surface area (Å²) in [4.78, 5) is 39.5. The molecule has 0 bridgehead atoms. The van der Waals surface area contributed by atoms with Crippen LogP contribution in [0, 0.1) is 12.7 Å². The monoisotopic (exact) mass is 524 g/mol. The molecule has 8 heteroatoms. The van der Waals surface area contributed by atoms with E-state index in [1.807, 2.05) is 31.3 Å². The van der Waals surface area contributed by atoms with Gasteiger partial charge in [-0.2, -0.15) is 0 Å². The summed E-state index contributed by atoms with van der Waals surface area (Å²) in [5.74, 6) is 1.34. The average molecular weight is 525 g/mol. The number of allylic oxidation sites excluding steroid dienone is 1. The van der Waals surface area contributed by atoms with Crippen molar-refractivity contribution in [2.75, 3.05) is 13.2 Å². The molecule has 1 fully saturated rings. The van der Waals surface area contributed by atoms with Crippen LogP contribution in [0.3, 0.4) is 0 Å². The molecule has 2 aromatic carbocycles. The minimum absolute atomic E-state index is 0.0493. The molecule has 0 radical (unpaired) electrons. The molecule has 2 aliphatic heterocycles. The number of imidazole rings is 1. The fourth-order valence-corrected chi connectivity index (χ4v) is 5.48. The highest BCUT2D eigenvalue weighted by Crippen LogP contribution is 2.33. The van der Waals surface area contributed by atoms with Gasteiger partial charge in [-0.3, -0.25) is 9.59 Å². The summed E-state index contributed by atoms with van der Waals surface area (Å²) in [5.41, 5.74) is 6.30. The van der Waals surface area contributed by atoms with Crippen molar-refractivity contribution in [2.24, 2.45) is 0 Å². The molecule has 0 spiro atoms. The maximum absolute atomic E-state index is 13.9. The minimum atomic E-state index is -0.437. The molecular formula is C31H29FN4O3. The molecule has 0 saturated carbocycles. The first-order valence-electron chi connectivity index (χ1n) is 13.3. The first-order valence-corrected chi connectivity index (χ1v) is 13.3. The van der Waals surface area contributed by atoms with Crippen molar-refractivity contribution in [3.63, 3.8) is 0 Å². The highest BCUT2D eigenvalue weighted by molar-refractivity contribution is 5.85. The quantitative estimate of drug-likeness (QED) is 0.349. The largest absolute Gasteiger partial charge is 0.493 e. The van der Waals surface area contributed by atoms with Gasteiger partial charge in [-0.05, 0) is 60.4 Å². The Bertz CT molecular complexity index is 1610. The van der Waals surface area contributed by atoms with Crippen LogP contribution >= 0.6 is 0 Å².